The highest BCUT2D eigenvalue weighted by atomic mass is 16.4. The van der Waals surface area contributed by atoms with Crippen LogP contribution in [0.2, 0.25) is 0 Å². The summed E-state index contributed by atoms with van der Waals surface area (Å²) in [6.07, 6.45) is 0. The van der Waals surface area contributed by atoms with E-state index in [9.17, 15) is 19.2 Å². The fourth-order valence-corrected chi connectivity index (χ4v) is 2.14. The molecule has 0 radical (unpaired) electrons. The van der Waals surface area contributed by atoms with Crippen LogP contribution in [0.5, 0.6) is 0 Å². The van der Waals surface area contributed by atoms with Crippen LogP contribution < -0.4 is 21.7 Å². The van der Waals surface area contributed by atoms with Gasteiger partial charge in [0.25, 0.3) is 0 Å². The van der Waals surface area contributed by atoms with Crippen LogP contribution in [0, 0.1) is 17.8 Å². The third-order valence-electron chi connectivity index (χ3n) is 3.93. The van der Waals surface area contributed by atoms with Gasteiger partial charge in [-0.2, -0.15) is 0 Å². The molecule has 0 saturated heterocycles. The molecule has 0 aromatic rings. The molecule has 6 N–H and O–H groups in total. The highest BCUT2D eigenvalue weighted by Crippen LogP contribution is 2.08. The third kappa shape index (κ3) is 7.81. The molecule has 3 amide bonds. The summed E-state index contributed by atoms with van der Waals surface area (Å²) in [7, 11) is 0. The van der Waals surface area contributed by atoms with Crippen molar-refractivity contribution in [3.8, 4) is 0 Å². The zero-order valence-electron chi connectivity index (χ0n) is 16.3. The summed E-state index contributed by atoms with van der Waals surface area (Å²) in [5, 5.41) is 16.1. The number of rotatable bonds is 10. The van der Waals surface area contributed by atoms with E-state index in [2.05, 4.69) is 16.0 Å². The van der Waals surface area contributed by atoms with Crippen LogP contribution in [0.3, 0.4) is 0 Å². The van der Waals surface area contributed by atoms with Gasteiger partial charge in [0.15, 0.2) is 0 Å². The second kappa shape index (κ2) is 10.7. The Labute approximate surface area is 154 Å². The smallest absolute Gasteiger partial charge is 0.322 e. The molecule has 0 aromatic heterocycles. The largest absolute Gasteiger partial charge is 0.480 e. The number of carboxylic acid groups (broad SMARTS) is 1. The lowest BCUT2D eigenvalue weighted by Gasteiger charge is -2.28. The van der Waals surface area contributed by atoms with Crippen molar-refractivity contribution in [3.05, 3.63) is 0 Å². The summed E-state index contributed by atoms with van der Waals surface area (Å²) in [4.78, 5) is 47.5. The highest BCUT2D eigenvalue weighted by molar-refractivity contribution is 5.93. The molecule has 150 valence electrons. The molecule has 3 atom stereocenters. The predicted molar refractivity (Wildman–Crippen MR) is 97.0 cm³/mol. The molecular weight excluding hydrogens is 340 g/mol. The van der Waals surface area contributed by atoms with Crippen molar-refractivity contribution in [2.24, 2.45) is 23.5 Å². The maximum atomic E-state index is 12.6. The molecular formula is C17H32N4O5. The van der Waals surface area contributed by atoms with Crippen LogP contribution in [0.1, 0.15) is 41.5 Å². The van der Waals surface area contributed by atoms with Crippen molar-refractivity contribution in [2.75, 3.05) is 6.54 Å². The van der Waals surface area contributed by atoms with Gasteiger partial charge in [-0.25, -0.2) is 0 Å². The zero-order valence-corrected chi connectivity index (χ0v) is 16.3. The van der Waals surface area contributed by atoms with Gasteiger partial charge in [0.05, 0.1) is 6.04 Å². The molecule has 0 rings (SSSR count). The topological polar surface area (TPSA) is 151 Å². The lowest BCUT2D eigenvalue weighted by molar-refractivity contribution is -0.139. The van der Waals surface area contributed by atoms with Gasteiger partial charge >= 0.3 is 5.97 Å². The van der Waals surface area contributed by atoms with Gasteiger partial charge in [0.1, 0.15) is 18.6 Å². The Balaban J connectivity index is 5.12. The number of hydrogen-bond donors (Lipinski definition) is 5. The summed E-state index contributed by atoms with van der Waals surface area (Å²) in [6, 6.07) is -2.52. The standard InChI is InChI=1S/C17H32N4O5/c1-8(2)12(18)15(24)20-14(10(5)6)17(26)21-13(9(3)4)16(25)19-7-11(22)23/h8-10,12-14H,7,18H2,1-6H3,(H,19,25)(H,20,24)(H,21,26)(H,22,23). The molecule has 9 nitrogen and oxygen atoms in total. The number of hydrogen-bond acceptors (Lipinski definition) is 5. The molecule has 0 fully saturated rings. The van der Waals surface area contributed by atoms with E-state index in [0.717, 1.165) is 0 Å². The van der Waals surface area contributed by atoms with Crippen molar-refractivity contribution < 1.29 is 24.3 Å². The summed E-state index contributed by atoms with van der Waals surface area (Å²) in [6.45, 7) is 10.0. The molecule has 0 aliphatic rings. The Morgan fingerprint density at radius 2 is 1.19 bits per heavy atom. The van der Waals surface area contributed by atoms with Gasteiger partial charge in [0.2, 0.25) is 17.7 Å². The van der Waals surface area contributed by atoms with E-state index >= 15 is 0 Å². The first-order valence-corrected chi connectivity index (χ1v) is 8.74. The first kappa shape index (κ1) is 23.8. The van der Waals surface area contributed by atoms with Crippen molar-refractivity contribution >= 4 is 23.7 Å². The quantitative estimate of drug-likeness (QED) is 0.347. The Morgan fingerprint density at radius 1 is 0.769 bits per heavy atom. The Kier molecular flexibility index (Phi) is 9.85. The van der Waals surface area contributed by atoms with Crippen LogP contribution in [0.25, 0.3) is 0 Å². The van der Waals surface area contributed by atoms with Gasteiger partial charge in [-0.15, -0.1) is 0 Å². The number of nitrogens with one attached hydrogen (secondary N) is 3. The van der Waals surface area contributed by atoms with Gasteiger partial charge in [0, 0.05) is 0 Å². The van der Waals surface area contributed by atoms with Gasteiger partial charge < -0.3 is 26.8 Å². The second-order valence-corrected chi connectivity index (χ2v) is 7.34. The number of carboxylic acids is 1. The molecule has 0 aliphatic heterocycles. The molecule has 3 unspecified atom stereocenters. The molecule has 0 saturated carbocycles. The molecule has 9 heteroatoms. The lowest BCUT2D eigenvalue weighted by atomic mass is 9.98. The second-order valence-electron chi connectivity index (χ2n) is 7.34. The van der Waals surface area contributed by atoms with E-state index in [-0.39, 0.29) is 17.8 Å². The average Bonchev–Trinajstić information content (AvgIpc) is 2.53. The number of carbonyl (C=O) groups excluding carboxylic acids is 3. The highest BCUT2D eigenvalue weighted by Gasteiger charge is 2.31. The Morgan fingerprint density at radius 3 is 1.58 bits per heavy atom. The SMILES string of the molecule is CC(C)C(N)C(=O)NC(C(=O)NC(C(=O)NCC(=O)O)C(C)C)C(C)C. The third-order valence-corrected chi connectivity index (χ3v) is 3.93. The van der Waals surface area contributed by atoms with Gasteiger partial charge in [-0.1, -0.05) is 41.5 Å². The predicted octanol–water partition coefficient (Wildman–Crippen LogP) is -0.548. The van der Waals surface area contributed by atoms with E-state index in [1.165, 1.54) is 0 Å². The van der Waals surface area contributed by atoms with Crippen molar-refractivity contribution in [1.29, 1.82) is 0 Å². The Bertz CT molecular complexity index is 519. The summed E-state index contributed by atoms with van der Waals surface area (Å²) in [5.41, 5.74) is 5.81. The number of amides is 3. The Hall–Kier alpha value is -2.16. The van der Waals surface area contributed by atoms with E-state index in [1.54, 1.807) is 41.5 Å². The first-order valence-electron chi connectivity index (χ1n) is 8.74. The van der Waals surface area contributed by atoms with Crippen molar-refractivity contribution in [3.63, 3.8) is 0 Å². The van der Waals surface area contributed by atoms with Crippen LogP contribution in [0.15, 0.2) is 0 Å². The monoisotopic (exact) mass is 372 g/mol. The van der Waals surface area contributed by atoms with Crippen LogP contribution >= 0.6 is 0 Å². The number of aliphatic carboxylic acids is 1. The molecule has 0 aliphatic carbocycles. The molecule has 26 heavy (non-hydrogen) atoms. The molecule has 0 spiro atoms. The summed E-state index contributed by atoms with van der Waals surface area (Å²) in [5.74, 6) is -3.32. The minimum atomic E-state index is -1.18. The summed E-state index contributed by atoms with van der Waals surface area (Å²) < 4.78 is 0. The molecule has 0 heterocycles. The van der Waals surface area contributed by atoms with Crippen molar-refractivity contribution in [2.45, 2.75) is 59.7 Å². The average molecular weight is 372 g/mol. The zero-order chi connectivity index (χ0) is 20.6. The van der Waals surface area contributed by atoms with Crippen LogP contribution in [0.4, 0.5) is 0 Å². The molecule has 0 aromatic carbocycles. The van der Waals surface area contributed by atoms with E-state index in [0.29, 0.717) is 0 Å². The minimum Gasteiger partial charge on any atom is -0.480 e. The fraction of sp³-hybridized carbons (Fsp3) is 0.765. The minimum absolute atomic E-state index is 0.0870. The van der Waals surface area contributed by atoms with E-state index < -0.39 is 48.4 Å². The number of carbonyl (C=O) groups is 4. The van der Waals surface area contributed by atoms with Crippen LogP contribution in [-0.4, -0.2) is 53.5 Å². The van der Waals surface area contributed by atoms with Gasteiger partial charge in [-0.3, -0.25) is 19.2 Å². The van der Waals surface area contributed by atoms with Gasteiger partial charge in [-0.05, 0) is 17.8 Å². The lowest BCUT2D eigenvalue weighted by Crippen LogP contribution is -2.59. The summed E-state index contributed by atoms with van der Waals surface area (Å²) >= 11 is 0. The maximum Gasteiger partial charge on any atom is 0.322 e. The van der Waals surface area contributed by atoms with E-state index in [4.69, 9.17) is 10.8 Å². The maximum absolute atomic E-state index is 12.6. The van der Waals surface area contributed by atoms with E-state index in [1.807, 2.05) is 0 Å². The number of nitrogens with two attached hydrogens (primary N) is 1. The van der Waals surface area contributed by atoms with Crippen LogP contribution in [-0.2, 0) is 19.2 Å². The molecule has 0 bridgehead atoms. The van der Waals surface area contributed by atoms with Crippen molar-refractivity contribution in [1.82, 2.24) is 16.0 Å². The first-order chi connectivity index (χ1) is 11.9. The normalized spacial score (nSPS) is 14.7. The fourth-order valence-electron chi connectivity index (χ4n) is 2.14.